The summed E-state index contributed by atoms with van der Waals surface area (Å²) in [5.74, 6) is 1.41. The van der Waals surface area contributed by atoms with Gasteiger partial charge in [-0.2, -0.15) is 11.8 Å². The molecule has 1 unspecified atom stereocenters. The zero-order valence-electron chi connectivity index (χ0n) is 7.71. The molecule has 1 atom stereocenters. The second-order valence-corrected chi connectivity index (χ2v) is 5.01. The summed E-state index contributed by atoms with van der Waals surface area (Å²) < 4.78 is 4.75. The maximum atomic E-state index is 11.5. The standard InChI is InChI=1S/C9H14O3S/c1-12-7(10)8(2-3-8)9(11)4-5-13-6-9/h11H,2-6H2,1H3. The topological polar surface area (TPSA) is 46.5 Å². The fourth-order valence-electron chi connectivity index (χ4n) is 2.11. The minimum absolute atomic E-state index is 0.225. The number of hydrogen-bond acceptors (Lipinski definition) is 4. The maximum absolute atomic E-state index is 11.5. The molecule has 4 heteroatoms. The number of aliphatic hydroxyl groups is 1. The highest BCUT2D eigenvalue weighted by atomic mass is 32.2. The first kappa shape index (κ1) is 9.34. The van der Waals surface area contributed by atoms with Gasteiger partial charge in [0.2, 0.25) is 0 Å². The fourth-order valence-corrected chi connectivity index (χ4v) is 3.50. The Labute approximate surface area is 81.8 Å². The molecule has 74 valence electrons. The highest BCUT2D eigenvalue weighted by Crippen LogP contribution is 2.59. The van der Waals surface area contributed by atoms with E-state index in [-0.39, 0.29) is 5.97 Å². The first-order chi connectivity index (χ1) is 6.15. The average Bonchev–Trinajstić information content (AvgIpc) is 2.85. The van der Waals surface area contributed by atoms with Crippen LogP contribution in [-0.2, 0) is 9.53 Å². The van der Waals surface area contributed by atoms with E-state index in [1.54, 1.807) is 11.8 Å². The van der Waals surface area contributed by atoms with Crippen LogP contribution in [0.3, 0.4) is 0 Å². The van der Waals surface area contributed by atoms with Crippen molar-refractivity contribution in [2.24, 2.45) is 5.41 Å². The van der Waals surface area contributed by atoms with Gasteiger partial charge in [-0.15, -0.1) is 0 Å². The smallest absolute Gasteiger partial charge is 0.314 e. The minimum atomic E-state index is -0.787. The Morgan fingerprint density at radius 3 is 2.54 bits per heavy atom. The van der Waals surface area contributed by atoms with Gasteiger partial charge in [0.05, 0.1) is 18.1 Å². The number of esters is 1. The molecule has 1 N–H and O–H groups in total. The van der Waals surface area contributed by atoms with E-state index in [1.807, 2.05) is 0 Å². The van der Waals surface area contributed by atoms with Crippen LogP contribution in [0.2, 0.25) is 0 Å². The van der Waals surface area contributed by atoms with Gasteiger partial charge in [0.15, 0.2) is 0 Å². The third-order valence-electron chi connectivity index (χ3n) is 3.22. The van der Waals surface area contributed by atoms with Gasteiger partial charge < -0.3 is 9.84 Å². The molecule has 0 spiro atoms. The van der Waals surface area contributed by atoms with E-state index in [2.05, 4.69) is 0 Å². The SMILES string of the molecule is COC(=O)C1(C2(O)CCSC2)CC1. The molecule has 3 nitrogen and oxygen atoms in total. The van der Waals surface area contributed by atoms with E-state index < -0.39 is 11.0 Å². The monoisotopic (exact) mass is 202 g/mol. The van der Waals surface area contributed by atoms with E-state index in [4.69, 9.17) is 4.74 Å². The Balaban J connectivity index is 2.18. The van der Waals surface area contributed by atoms with Gasteiger partial charge in [-0.05, 0) is 25.0 Å². The summed E-state index contributed by atoms with van der Waals surface area (Å²) in [4.78, 5) is 11.5. The quantitative estimate of drug-likeness (QED) is 0.673. The number of thioether (sulfide) groups is 1. The molecular formula is C9H14O3S. The molecular weight excluding hydrogens is 188 g/mol. The van der Waals surface area contributed by atoms with Crippen molar-refractivity contribution in [1.29, 1.82) is 0 Å². The van der Waals surface area contributed by atoms with E-state index in [0.717, 1.165) is 25.0 Å². The number of methoxy groups -OCH3 is 1. The molecule has 1 aliphatic carbocycles. The Hall–Kier alpha value is -0.220. The second kappa shape index (κ2) is 2.89. The molecule has 2 rings (SSSR count). The average molecular weight is 202 g/mol. The van der Waals surface area contributed by atoms with Crippen LogP contribution in [0.5, 0.6) is 0 Å². The van der Waals surface area contributed by atoms with Crippen molar-refractivity contribution >= 4 is 17.7 Å². The number of rotatable bonds is 2. The highest BCUT2D eigenvalue weighted by Gasteiger charge is 2.65. The summed E-state index contributed by atoms with van der Waals surface area (Å²) in [6.45, 7) is 0. The molecule has 0 aromatic rings. The zero-order valence-corrected chi connectivity index (χ0v) is 8.52. The molecule has 1 heterocycles. The molecule has 0 bridgehead atoms. The van der Waals surface area contributed by atoms with E-state index in [1.165, 1.54) is 7.11 Å². The lowest BCUT2D eigenvalue weighted by molar-refractivity contribution is -0.157. The van der Waals surface area contributed by atoms with Crippen molar-refractivity contribution in [3.05, 3.63) is 0 Å². The molecule has 0 amide bonds. The first-order valence-corrected chi connectivity index (χ1v) is 5.69. The molecule has 2 aliphatic rings. The van der Waals surface area contributed by atoms with Crippen molar-refractivity contribution in [2.75, 3.05) is 18.6 Å². The van der Waals surface area contributed by atoms with Crippen molar-refractivity contribution < 1.29 is 14.6 Å². The largest absolute Gasteiger partial charge is 0.469 e. The van der Waals surface area contributed by atoms with Crippen LogP contribution >= 0.6 is 11.8 Å². The summed E-state index contributed by atoms with van der Waals surface area (Å²) in [6, 6.07) is 0. The first-order valence-electron chi connectivity index (χ1n) is 4.53. The molecule has 1 saturated carbocycles. The number of carbonyl (C=O) groups is 1. The lowest BCUT2D eigenvalue weighted by atomic mass is 9.83. The normalized spacial score (nSPS) is 35.8. The van der Waals surface area contributed by atoms with Crippen LogP contribution in [0.25, 0.3) is 0 Å². The van der Waals surface area contributed by atoms with Crippen LogP contribution < -0.4 is 0 Å². The van der Waals surface area contributed by atoms with Crippen molar-refractivity contribution in [1.82, 2.24) is 0 Å². The lowest BCUT2D eigenvalue weighted by Crippen LogP contribution is -2.45. The third-order valence-corrected chi connectivity index (χ3v) is 4.39. The van der Waals surface area contributed by atoms with Gasteiger partial charge in [-0.3, -0.25) is 4.79 Å². The van der Waals surface area contributed by atoms with Crippen molar-refractivity contribution in [3.63, 3.8) is 0 Å². The van der Waals surface area contributed by atoms with Crippen LogP contribution in [0.15, 0.2) is 0 Å². The van der Waals surface area contributed by atoms with Crippen molar-refractivity contribution in [2.45, 2.75) is 24.9 Å². The van der Waals surface area contributed by atoms with Gasteiger partial charge in [-0.1, -0.05) is 0 Å². The lowest BCUT2D eigenvalue weighted by Gasteiger charge is -2.29. The van der Waals surface area contributed by atoms with Gasteiger partial charge in [0, 0.05) is 5.75 Å². The predicted octanol–water partition coefficient (Wildman–Crippen LogP) is 0.808. The van der Waals surface area contributed by atoms with Gasteiger partial charge in [-0.25, -0.2) is 0 Å². The molecule has 0 aromatic carbocycles. The summed E-state index contributed by atoms with van der Waals surface area (Å²) >= 11 is 1.72. The van der Waals surface area contributed by atoms with E-state index in [0.29, 0.717) is 5.75 Å². The Morgan fingerprint density at radius 1 is 1.46 bits per heavy atom. The summed E-state index contributed by atoms with van der Waals surface area (Å²) in [7, 11) is 1.40. The van der Waals surface area contributed by atoms with Crippen LogP contribution in [-0.4, -0.2) is 35.3 Å². The summed E-state index contributed by atoms with van der Waals surface area (Å²) in [5, 5.41) is 10.3. The minimum Gasteiger partial charge on any atom is -0.469 e. The molecule has 0 aromatic heterocycles. The van der Waals surface area contributed by atoms with E-state index >= 15 is 0 Å². The zero-order chi connectivity index (χ0) is 9.53. The van der Waals surface area contributed by atoms with Crippen LogP contribution in [0, 0.1) is 5.41 Å². The summed E-state index contributed by atoms with van der Waals surface area (Å²) in [5.41, 5.74) is -1.34. The molecule has 1 aliphatic heterocycles. The Kier molecular flexibility index (Phi) is 2.07. The highest BCUT2D eigenvalue weighted by molar-refractivity contribution is 7.99. The molecule has 13 heavy (non-hydrogen) atoms. The third kappa shape index (κ3) is 1.19. The maximum Gasteiger partial charge on any atom is 0.314 e. The summed E-state index contributed by atoms with van der Waals surface area (Å²) in [6.07, 6.45) is 2.31. The number of carbonyl (C=O) groups excluding carboxylic acids is 1. The predicted molar refractivity (Wildman–Crippen MR) is 50.6 cm³/mol. The van der Waals surface area contributed by atoms with Gasteiger partial charge >= 0.3 is 5.97 Å². The Bertz CT molecular complexity index is 229. The van der Waals surface area contributed by atoms with Crippen molar-refractivity contribution in [3.8, 4) is 0 Å². The molecule has 2 fully saturated rings. The van der Waals surface area contributed by atoms with Gasteiger partial charge in [0.25, 0.3) is 0 Å². The van der Waals surface area contributed by atoms with Crippen LogP contribution in [0.1, 0.15) is 19.3 Å². The number of hydrogen-bond donors (Lipinski definition) is 1. The Morgan fingerprint density at radius 2 is 2.15 bits per heavy atom. The fraction of sp³-hybridized carbons (Fsp3) is 0.889. The second-order valence-electron chi connectivity index (χ2n) is 3.91. The molecule has 0 radical (unpaired) electrons. The van der Waals surface area contributed by atoms with Crippen LogP contribution in [0.4, 0.5) is 0 Å². The number of ether oxygens (including phenoxy) is 1. The molecule has 1 saturated heterocycles. The van der Waals surface area contributed by atoms with Gasteiger partial charge in [0.1, 0.15) is 0 Å². The van der Waals surface area contributed by atoms with E-state index in [9.17, 15) is 9.90 Å².